The van der Waals surface area contributed by atoms with Crippen molar-refractivity contribution < 1.29 is 17.4 Å². The lowest BCUT2D eigenvalue weighted by atomic mass is 9.89. The van der Waals surface area contributed by atoms with E-state index >= 15 is 0 Å². The summed E-state index contributed by atoms with van der Waals surface area (Å²) in [4.78, 5) is 13.8. The third-order valence-electron chi connectivity index (χ3n) is 5.67. The first-order valence-electron chi connectivity index (χ1n) is 11.1. The summed E-state index contributed by atoms with van der Waals surface area (Å²) in [5.41, 5.74) is 5.03. The molecule has 4 heteroatoms. The highest BCUT2D eigenvalue weighted by atomic mass is 16.5. The second-order valence-corrected chi connectivity index (χ2v) is 7.77. The molecule has 0 saturated carbocycles. The molecule has 4 nitrogen and oxygen atoms in total. The van der Waals surface area contributed by atoms with E-state index in [4.69, 9.17) is 7.48 Å². The first-order chi connectivity index (χ1) is 14.6. The molecule has 154 valence electrons. The fraction of sp³-hybridized carbons (Fsp3) is 0.400. The van der Waals surface area contributed by atoms with Crippen molar-refractivity contribution in [3.63, 3.8) is 0 Å². The van der Waals surface area contributed by atoms with Gasteiger partial charge in [0.25, 0.3) is 0 Å². The molecule has 0 fully saturated rings. The molecule has 0 spiro atoms. The number of rotatable bonds is 6. The maximum Gasteiger partial charge on any atom is 0.307 e. The summed E-state index contributed by atoms with van der Waals surface area (Å²) in [6.07, 6.45) is 0.309. The van der Waals surface area contributed by atoms with E-state index < -0.39 is 12.3 Å². The summed E-state index contributed by atoms with van der Waals surface area (Å²) in [7, 11) is 2.09. The molecule has 0 saturated heterocycles. The minimum atomic E-state index is -2.48. The van der Waals surface area contributed by atoms with E-state index in [1.165, 1.54) is 6.07 Å². The van der Waals surface area contributed by atoms with Gasteiger partial charge in [0.15, 0.2) is 0 Å². The Kier molecular flexibility index (Phi) is 5.61. The predicted octanol–water partition coefficient (Wildman–Crippen LogP) is 5.24. The zero-order valence-corrected chi connectivity index (χ0v) is 17.8. The molecule has 2 aromatic rings. The molecule has 29 heavy (non-hydrogen) atoms. The van der Waals surface area contributed by atoms with Gasteiger partial charge < -0.3 is 14.7 Å². The van der Waals surface area contributed by atoms with Gasteiger partial charge in [-0.05, 0) is 69.6 Å². The Morgan fingerprint density at radius 3 is 2.76 bits per heavy atom. The smallest absolute Gasteiger partial charge is 0.307 e. The Balaban J connectivity index is 2.21. The van der Waals surface area contributed by atoms with Gasteiger partial charge in [0.05, 0.1) is 6.37 Å². The van der Waals surface area contributed by atoms with Crippen LogP contribution in [0.3, 0.4) is 0 Å². The van der Waals surface area contributed by atoms with E-state index in [-0.39, 0.29) is 11.7 Å². The van der Waals surface area contributed by atoms with Gasteiger partial charge in [-0.1, -0.05) is 42.8 Å². The zero-order valence-electron chi connectivity index (χ0n) is 19.8. The Morgan fingerprint density at radius 2 is 2.07 bits per heavy atom. The number of aryl methyl sites for hydroxylation is 1. The molecule has 2 unspecified atom stereocenters. The standard InChI is InChI=1S/C25H31NO3/c1-6-26(5)17(3)8-11-21-20-10-7-16(2)13-22(20)18(4)29-24-12-9-19(14-23(21)24)15-25(27)28/h7,9-14,17-18H,6,8,15H2,1-5H3,(H,27,28)/b21-11-/i15D2. The quantitative estimate of drug-likeness (QED) is 0.727. The first-order valence-corrected chi connectivity index (χ1v) is 10.1. The molecule has 2 atom stereocenters. The van der Waals surface area contributed by atoms with Gasteiger partial charge in [-0.2, -0.15) is 0 Å². The van der Waals surface area contributed by atoms with Gasteiger partial charge in [-0.3, -0.25) is 4.79 Å². The molecule has 0 amide bonds. The maximum atomic E-state index is 11.5. The highest BCUT2D eigenvalue weighted by Crippen LogP contribution is 2.41. The van der Waals surface area contributed by atoms with Crippen molar-refractivity contribution in [3.05, 3.63) is 70.3 Å². The average Bonchev–Trinajstić information content (AvgIpc) is 2.84. The molecule has 0 radical (unpaired) electrons. The van der Waals surface area contributed by atoms with Gasteiger partial charge in [-0.15, -0.1) is 0 Å². The number of hydrogen-bond donors (Lipinski definition) is 1. The van der Waals surface area contributed by atoms with E-state index in [2.05, 4.69) is 50.1 Å². The lowest BCUT2D eigenvalue weighted by Gasteiger charge is -2.22. The van der Waals surface area contributed by atoms with Gasteiger partial charge in [0.1, 0.15) is 11.9 Å². The first kappa shape index (κ1) is 18.4. The van der Waals surface area contributed by atoms with Crippen molar-refractivity contribution in [1.29, 1.82) is 0 Å². The molecule has 0 bridgehead atoms. The second-order valence-electron chi connectivity index (χ2n) is 7.77. The summed E-state index contributed by atoms with van der Waals surface area (Å²) >= 11 is 0. The van der Waals surface area contributed by atoms with E-state index in [0.717, 1.165) is 40.8 Å². The third kappa shape index (κ3) is 4.70. The number of carbonyl (C=O) groups is 1. The maximum absolute atomic E-state index is 11.5. The number of carboxylic acids is 1. The topological polar surface area (TPSA) is 49.8 Å². The van der Waals surface area contributed by atoms with Crippen LogP contribution in [-0.4, -0.2) is 35.6 Å². The summed E-state index contributed by atoms with van der Waals surface area (Å²) < 4.78 is 22.3. The SMILES string of the molecule is [2H]C([2H])(C(=O)O)c1ccc2c(c1)/C(=C\CC(C)N(C)CC)c1ccc(C)cc1C(C)O2. The van der Waals surface area contributed by atoms with Gasteiger partial charge >= 0.3 is 5.97 Å². The number of hydrogen-bond acceptors (Lipinski definition) is 3. The molecule has 0 aliphatic carbocycles. The van der Waals surface area contributed by atoms with E-state index in [1.54, 1.807) is 12.1 Å². The molecule has 2 aromatic carbocycles. The highest BCUT2D eigenvalue weighted by Gasteiger charge is 2.24. The van der Waals surface area contributed by atoms with E-state index in [0.29, 0.717) is 11.8 Å². The molecule has 1 aliphatic rings. The van der Waals surface area contributed by atoms with Crippen LogP contribution in [0, 0.1) is 6.92 Å². The number of fused-ring (bicyclic) bond motifs is 2. The van der Waals surface area contributed by atoms with E-state index in [1.807, 2.05) is 13.8 Å². The molecule has 3 rings (SSSR count). The van der Waals surface area contributed by atoms with Gasteiger partial charge in [-0.25, -0.2) is 0 Å². The number of nitrogens with zero attached hydrogens (tertiary/aromatic N) is 1. The molecule has 1 N–H and O–H groups in total. The van der Waals surface area contributed by atoms with Gasteiger partial charge in [0.2, 0.25) is 0 Å². The Bertz CT molecular complexity index is 1020. The third-order valence-corrected chi connectivity index (χ3v) is 5.67. The van der Waals surface area contributed by atoms with Crippen molar-refractivity contribution >= 4 is 11.5 Å². The van der Waals surface area contributed by atoms with Crippen molar-refractivity contribution in [2.75, 3.05) is 13.6 Å². The minimum absolute atomic E-state index is 0.107. The summed E-state index contributed by atoms with van der Waals surface area (Å²) in [6.45, 7) is 9.29. The number of carboxylic acid groups (broad SMARTS) is 1. The Labute approximate surface area is 176 Å². The van der Waals surface area contributed by atoms with Crippen LogP contribution < -0.4 is 4.74 Å². The summed E-state index contributed by atoms with van der Waals surface area (Å²) in [6, 6.07) is 11.4. The highest BCUT2D eigenvalue weighted by molar-refractivity contribution is 5.86. The fourth-order valence-electron chi connectivity index (χ4n) is 3.71. The molecule has 0 aromatic heterocycles. The van der Waals surface area contributed by atoms with Crippen LogP contribution in [0.15, 0.2) is 42.5 Å². The van der Waals surface area contributed by atoms with Crippen LogP contribution in [0.4, 0.5) is 0 Å². The lowest BCUT2D eigenvalue weighted by molar-refractivity contribution is -0.136. The van der Waals surface area contributed by atoms with Crippen LogP contribution in [0.2, 0.25) is 0 Å². The van der Waals surface area contributed by atoms with Crippen LogP contribution in [-0.2, 0) is 11.2 Å². The van der Waals surface area contributed by atoms with Crippen LogP contribution in [0.25, 0.3) is 5.57 Å². The molecular weight excluding hydrogens is 362 g/mol. The largest absolute Gasteiger partial charge is 0.485 e. The van der Waals surface area contributed by atoms with E-state index in [9.17, 15) is 9.90 Å². The minimum Gasteiger partial charge on any atom is -0.485 e. The monoisotopic (exact) mass is 395 g/mol. The van der Waals surface area contributed by atoms with Crippen molar-refractivity contribution in [2.45, 2.75) is 52.6 Å². The normalized spacial score (nSPS) is 19.5. The predicted molar refractivity (Wildman–Crippen MR) is 117 cm³/mol. The molecule has 1 heterocycles. The summed E-state index contributed by atoms with van der Waals surface area (Å²) in [5.74, 6) is -0.871. The summed E-state index contributed by atoms with van der Waals surface area (Å²) in [5, 5.41) is 9.39. The second kappa shape index (κ2) is 8.83. The van der Waals surface area contributed by atoms with Crippen LogP contribution in [0.1, 0.15) is 63.9 Å². The Morgan fingerprint density at radius 1 is 1.31 bits per heavy atom. The lowest BCUT2D eigenvalue weighted by Crippen LogP contribution is -2.28. The fourth-order valence-corrected chi connectivity index (χ4v) is 3.71. The molecular formula is C25H31NO3. The van der Waals surface area contributed by atoms with Crippen LogP contribution in [0.5, 0.6) is 5.75 Å². The van der Waals surface area contributed by atoms with Crippen LogP contribution >= 0.6 is 0 Å². The average molecular weight is 396 g/mol. The number of aliphatic carboxylic acids is 1. The Hall–Kier alpha value is -2.59. The van der Waals surface area contributed by atoms with Crippen molar-refractivity contribution in [2.24, 2.45) is 0 Å². The number of ether oxygens (including phenoxy) is 1. The zero-order chi connectivity index (χ0) is 22.9. The van der Waals surface area contributed by atoms with Crippen molar-refractivity contribution in [1.82, 2.24) is 4.90 Å². The molecule has 1 aliphatic heterocycles. The number of benzene rings is 2. The van der Waals surface area contributed by atoms with Gasteiger partial charge in [0, 0.05) is 19.9 Å². The van der Waals surface area contributed by atoms with Crippen molar-refractivity contribution in [3.8, 4) is 5.75 Å².